The van der Waals surface area contributed by atoms with Crippen LogP contribution in [0.1, 0.15) is 19.8 Å². The van der Waals surface area contributed by atoms with Crippen LogP contribution in [-0.4, -0.2) is 11.7 Å². The maximum Gasteiger partial charge on any atom is 0.190 e. The molecule has 0 bridgehead atoms. The van der Waals surface area contributed by atoms with Crippen LogP contribution in [0.4, 0.5) is 10.1 Å². The third-order valence-electron chi connectivity index (χ3n) is 3.96. The summed E-state index contributed by atoms with van der Waals surface area (Å²) in [6.07, 6.45) is 2.13. The van der Waals surface area contributed by atoms with E-state index in [4.69, 9.17) is 9.73 Å². The average Bonchev–Trinajstić information content (AvgIpc) is 3.03. The number of hydrogen-bond acceptors (Lipinski definition) is 3. The molecule has 0 aliphatic heterocycles. The second-order valence-corrected chi connectivity index (χ2v) is 6.54. The maximum absolute atomic E-state index is 14.1. The Labute approximate surface area is 151 Å². The number of hydrogen-bond donors (Lipinski definition) is 0. The first-order chi connectivity index (χ1) is 12.2. The number of aromatic nitrogens is 1. The van der Waals surface area contributed by atoms with Crippen molar-refractivity contribution in [2.75, 3.05) is 7.11 Å². The van der Waals surface area contributed by atoms with Gasteiger partial charge in [0.1, 0.15) is 0 Å². The second kappa shape index (κ2) is 8.12. The lowest BCUT2D eigenvalue weighted by molar-refractivity contribution is 0.386. The molecule has 0 spiro atoms. The minimum Gasteiger partial charge on any atom is -0.494 e. The fraction of sp³-hybridized carbons (Fsp3) is 0.250. The standard InChI is InChI=1S/C20H21FN2OS/c1-3-4-12-23-18(15-10-11-19(24-2)17(21)13-15)14-25-20(23)22-16-8-6-5-7-9-16/h5-11,13-14H,3-4,12H2,1-2H3. The summed E-state index contributed by atoms with van der Waals surface area (Å²) in [5.74, 6) is -0.0944. The molecule has 0 aliphatic carbocycles. The number of benzene rings is 2. The average molecular weight is 356 g/mol. The van der Waals surface area contributed by atoms with Gasteiger partial charge in [-0.3, -0.25) is 0 Å². The van der Waals surface area contributed by atoms with E-state index in [9.17, 15) is 4.39 Å². The van der Waals surface area contributed by atoms with Crippen molar-refractivity contribution in [2.45, 2.75) is 26.3 Å². The Morgan fingerprint density at radius 3 is 2.64 bits per heavy atom. The van der Waals surface area contributed by atoms with Crippen LogP contribution in [0.2, 0.25) is 0 Å². The van der Waals surface area contributed by atoms with Crippen molar-refractivity contribution in [3.8, 4) is 17.0 Å². The lowest BCUT2D eigenvalue weighted by Crippen LogP contribution is -2.16. The van der Waals surface area contributed by atoms with E-state index in [0.717, 1.165) is 41.1 Å². The molecule has 0 unspecified atom stereocenters. The molecular weight excluding hydrogens is 335 g/mol. The molecular formula is C20H21FN2OS. The molecule has 3 nitrogen and oxygen atoms in total. The van der Waals surface area contributed by atoms with Gasteiger partial charge >= 0.3 is 0 Å². The van der Waals surface area contributed by atoms with E-state index in [1.165, 1.54) is 13.2 Å². The molecule has 2 aromatic carbocycles. The van der Waals surface area contributed by atoms with Crippen molar-refractivity contribution in [2.24, 2.45) is 4.99 Å². The SMILES string of the molecule is CCCCn1c(-c2ccc(OC)c(F)c2)csc1=Nc1ccccc1. The molecule has 0 aliphatic rings. The van der Waals surface area contributed by atoms with Gasteiger partial charge in [-0.05, 0) is 36.8 Å². The van der Waals surface area contributed by atoms with Crippen LogP contribution in [0.15, 0.2) is 58.9 Å². The molecule has 130 valence electrons. The van der Waals surface area contributed by atoms with Gasteiger partial charge < -0.3 is 9.30 Å². The van der Waals surface area contributed by atoms with Gasteiger partial charge in [0, 0.05) is 17.5 Å². The molecule has 5 heteroatoms. The van der Waals surface area contributed by atoms with E-state index in [0.29, 0.717) is 0 Å². The van der Waals surface area contributed by atoms with Crippen LogP contribution >= 0.6 is 11.3 Å². The van der Waals surface area contributed by atoms with Crippen molar-refractivity contribution in [3.05, 3.63) is 64.5 Å². The van der Waals surface area contributed by atoms with Gasteiger partial charge in [0.2, 0.25) is 0 Å². The zero-order chi connectivity index (χ0) is 17.6. The normalized spacial score (nSPS) is 11.7. The number of halogens is 1. The molecule has 0 radical (unpaired) electrons. The molecule has 1 heterocycles. The Hall–Kier alpha value is -2.40. The topological polar surface area (TPSA) is 26.5 Å². The molecule has 0 atom stereocenters. The largest absolute Gasteiger partial charge is 0.494 e. The highest BCUT2D eigenvalue weighted by molar-refractivity contribution is 7.07. The van der Waals surface area contributed by atoms with Crippen molar-refractivity contribution in [3.63, 3.8) is 0 Å². The number of rotatable bonds is 6. The Morgan fingerprint density at radius 1 is 1.16 bits per heavy atom. The van der Waals surface area contributed by atoms with Crippen LogP contribution in [0, 0.1) is 5.82 Å². The number of nitrogens with zero attached hydrogens (tertiary/aromatic N) is 2. The summed E-state index contributed by atoms with van der Waals surface area (Å²) in [6, 6.07) is 15.0. The monoisotopic (exact) mass is 356 g/mol. The first kappa shape index (κ1) is 17.4. The summed E-state index contributed by atoms with van der Waals surface area (Å²) in [6.45, 7) is 3.02. The van der Waals surface area contributed by atoms with Crippen molar-refractivity contribution >= 4 is 17.0 Å². The van der Waals surface area contributed by atoms with Gasteiger partial charge in [0.25, 0.3) is 0 Å². The van der Waals surface area contributed by atoms with E-state index in [1.807, 2.05) is 41.8 Å². The van der Waals surface area contributed by atoms with Gasteiger partial charge in [0.15, 0.2) is 16.4 Å². The number of methoxy groups -OCH3 is 1. The van der Waals surface area contributed by atoms with Crippen molar-refractivity contribution in [1.82, 2.24) is 4.57 Å². The highest BCUT2D eigenvalue weighted by Gasteiger charge is 2.11. The first-order valence-corrected chi connectivity index (χ1v) is 9.23. The lowest BCUT2D eigenvalue weighted by Gasteiger charge is -2.10. The fourth-order valence-corrected chi connectivity index (χ4v) is 3.58. The second-order valence-electron chi connectivity index (χ2n) is 5.71. The zero-order valence-corrected chi connectivity index (χ0v) is 15.2. The summed E-state index contributed by atoms with van der Waals surface area (Å²) in [5.41, 5.74) is 2.73. The predicted octanol–water partition coefficient (Wildman–Crippen LogP) is 5.40. The van der Waals surface area contributed by atoms with Crippen LogP contribution in [0.3, 0.4) is 0 Å². The van der Waals surface area contributed by atoms with Crippen LogP contribution < -0.4 is 9.54 Å². The molecule has 0 fully saturated rings. The van der Waals surface area contributed by atoms with E-state index >= 15 is 0 Å². The van der Waals surface area contributed by atoms with Crippen LogP contribution in [-0.2, 0) is 6.54 Å². The quantitative estimate of drug-likeness (QED) is 0.581. The molecule has 3 rings (SSSR count). The summed E-state index contributed by atoms with van der Waals surface area (Å²) in [5, 5.41) is 2.04. The van der Waals surface area contributed by atoms with E-state index < -0.39 is 0 Å². The fourth-order valence-electron chi connectivity index (χ4n) is 2.62. The van der Waals surface area contributed by atoms with Gasteiger partial charge in [0.05, 0.1) is 18.5 Å². The van der Waals surface area contributed by atoms with Crippen LogP contribution in [0.25, 0.3) is 11.3 Å². The number of unbranched alkanes of at least 4 members (excludes halogenated alkanes) is 1. The Morgan fingerprint density at radius 2 is 1.96 bits per heavy atom. The van der Waals surface area contributed by atoms with Crippen molar-refractivity contribution < 1.29 is 9.13 Å². The molecule has 0 amide bonds. The van der Waals surface area contributed by atoms with Gasteiger partial charge in [-0.15, -0.1) is 11.3 Å². The Kier molecular flexibility index (Phi) is 5.66. The highest BCUT2D eigenvalue weighted by Crippen LogP contribution is 2.26. The smallest absolute Gasteiger partial charge is 0.190 e. The molecule has 0 saturated carbocycles. The number of ether oxygens (including phenoxy) is 1. The van der Waals surface area contributed by atoms with Gasteiger partial charge in [-0.1, -0.05) is 31.5 Å². The minimum absolute atomic E-state index is 0.258. The van der Waals surface area contributed by atoms with E-state index in [1.54, 1.807) is 17.4 Å². The molecule has 25 heavy (non-hydrogen) atoms. The summed E-state index contributed by atoms with van der Waals surface area (Å²) < 4.78 is 21.3. The number of thiazole rings is 1. The van der Waals surface area contributed by atoms with Gasteiger partial charge in [-0.25, -0.2) is 9.38 Å². The van der Waals surface area contributed by atoms with Crippen molar-refractivity contribution in [1.29, 1.82) is 0 Å². The third-order valence-corrected chi connectivity index (χ3v) is 4.83. The minimum atomic E-state index is -0.352. The Bertz CT molecular complexity index is 900. The zero-order valence-electron chi connectivity index (χ0n) is 14.4. The summed E-state index contributed by atoms with van der Waals surface area (Å²) in [7, 11) is 1.47. The lowest BCUT2D eigenvalue weighted by atomic mass is 10.1. The van der Waals surface area contributed by atoms with E-state index in [2.05, 4.69) is 11.5 Å². The highest BCUT2D eigenvalue weighted by atomic mass is 32.1. The molecule has 0 N–H and O–H groups in total. The molecule has 1 aromatic heterocycles. The summed E-state index contributed by atoms with van der Waals surface area (Å²) in [4.78, 5) is 5.68. The summed E-state index contributed by atoms with van der Waals surface area (Å²) >= 11 is 1.57. The molecule has 0 saturated heterocycles. The third kappa shape index (κ3) is 3.99. The van der Waals surface area contributed by atoms with Crippen LogP contribution in [0.5, 0.6) is 5.75 Å². The Balaban J connectivity index is 2.08. The van der Waals surface area contributed by atoms with E-state index in [-0.39, 0.29) is 11.6 Å². The maximum atomic E-state index is 14.1. The number of para-hydroxylation sites is 1. The van der Waals surface area contributed by atoms with Gasteiger partial charge in [-0.2, -0.15) is 0 Å². The predicted molar refractivity (Wildman–Crippen MR) is 101 cm³/mol. The molecule has 3 aromatic rings. The first-order valence-electron chi connectivity index (χ1n) is 8.35.